The van der Waals surface area contributed by atoms with E-state index in [1.54, 1.807) is 23.5 Å². The van der Waals surface area contributed by atoms with Gasteiger partial charge in [0.1, 0.15) is 12.4 Å². The second-order valence-corrected chi connectivity index (χ2v) is 7.94. The maximum atomic E-state index is 12.6. The number of ether oxygens (including phenoxy) is 2. The molecule has 0 aliphatic carbocycles. The quantitative estimate of drug-likeness (QED) is 0.317. The fourth-order valence-electron chi connectivity index (χ4n) is 2.82. The summed E-state index contributed by atoms with van der Waals surface area (Å²) in [6, 6.07) is 14.8. The molecule has 0 saturated heterocycles. The van der Waals surface area contributed by atoms with Crippen LogP contribution >= 0.6 is 11.3 Å². The molecule has 2 aromatic rings. The van der Waals surface area contributed by atoms with Crippen LogP contribution in [-0.4, -0.2) is 43.7 Å². The first-order valence-electron chi connectivity index (χ1n) is 10.1. The SMILES string of the molecule is C=CC(=O)OCCN(CC)CCCOc1ccc2sc(C)cccccc(=O)c2c1. The van der Waals surface area contributed by atoms with Gasteiger partial charge in [0.15, 0.2) is 5.43 Å². The number of carbonyl (C=O) groups is 1. The lowest BCUT2D eigenvalue weighted by Gasteiger charge is -2.20. The van der Waals surface area contributed by atoms with Gasteiger partial charge in [-0.1, -0.05) is 31.7 Å². The van der Waals surface area contributed by atoms with Crippen molar-refractivity contribution in [2.45, 2.75) is 20.3 Å². The van der Waals surface area contributed by atoms with Gasteiger partial charge in [0.05, 0.1) is 6.61 Å². The van der Waals surface area contributed by atoms with Gasteiger partial charge in [-0.15, -0.1) is 11.3 Å². The summed E-state index contributed by atoms with van der Waals surface area (Å²) in [5, 5.41) is 0.649. The first-order valence-corrected chi connectivity index (χ1v) is 10.9. The highest BCUT2D eigenvalue weighted by atomic mass is 32.1. The van der Waals surface area contributed by atoms with E-state index in [4.69, 9.17) is 9.47 Å². The number of aryl methyl sites for hydroxylation is 1. The Morgan fingerprint density at radius 2 is 1.93 bits per heavy atom. The Hall–Kier alpha value is -2.70. The van der Waals surface area contributed by atoms with Gasteiger partial charge in [-0.2, -0.15) is 0 Å². The molecule has 0 fully saturated rings. The maximum Gasteiger partial charge on any atom is 0.330 e. The Balaban J connectivity index is 1.98. The zero-order valence-corrected chi connectivity index (χ0v) is 18.5. The molecule has 0 N–H and O–H groups in total. The molecule has 160 valence electrons. The van der Waals surface area contributed by atoms with Gasteiger partial charge >= 0.3 is 5.97 Å². The van der Waals surface area contributed by atoms with Gasteiger partial charge < -0.3 is 14.4 Å². The molecular formula is C24H29NO4S. The second-order valence-electron chi connectivity index (χ2n) is 6.65. The summed E-state index contributed by atoms with van der Waals surface area (Å²) in [6.45, 7) is 10.7. The smallest absolute Gasteiger partial charge is 0.330 e. The molecule has 0 unspecified atom stereocenters. The first-order chi connectivity index (χ1) is 14.5. The maximum absolute atomic E-state index is 12.6. The van der Waals surface area contributed by atoms with Crippen molar-refractivity contribution in [1.82, 2.24) is 4.90 Å². The van der Waals surface area contributed by atoms with E-state index in [-0.39, 0.29) is 5.43 Å². The molecule has 5 nitrogen and oxygen atoms in total. The van der Waals surface area contributed by atoms with Crippen molar-refractivity contribution in [3.05, 3.63) is 76.3 Å². The number of hydrogen-bond acceptors (Lipinski definition) is 6. The number of hydrogen-bond donors (Lipinski definition) is 0. The minimum absolute atomic E-state index is 0.0338. The molecule has 0 saturated carbocycles. The monoisotopic (exact) mass is 427 g/mol. The second kappa shape index (κ2) is 12.8. The molecule has 0 amide bonds. The number of fused-ring (bicyclic) bond motifs is 1. The molecular weight excluding hydrogens is 398 g/mol. The standard InChI is InChI=1S/C24H29NO4S/c1-4-24(27)29-17-15-25(5-2)14-9-16-28-20-12-13-23-21(18-20)22(26)11-8-6-7-10-19(3)30-23/h4,6-8,10-13,18H,1,5,9,14-17H2,2-3H3. The predicted molar refractivity (Wildman–Crippen MR) is 124 cm³/mol. The number of rotatable bonds is 10. The molecule has 1 heterocycles. The number of nitrogens with zero attached hydrogens (tertiary/aromatic N) is 1. The molecule has 30 heavy (non-hydrogen) atoms. The van der Waals surface area contributed by atoms with Gasteiger partial charge in [-0.05, 0) is 50.2 Å². The van der Waals surface area contributed by atoms with E-state index < -0.39 is 5.97 Å². The van der Waals surface area contributed by atoms with Crippen LogP contribution in [0.2, 0.25) is 0 Å². The molecule has 0 bridgehead atoms. The summed E-state index contributed by atoms with van der Waals surface area (Å²) in [6.07, 6.45) is 2.00. The van der Waals surface area contributed by atoms with Crippen LogP contribution in [0.15, 0.2) is 66.0 Å². The van der Waals surface area contributed by atoms with Crippen LogP contribution in [0.1, 0.15) is 18.2 Å². The Morgan fingerprint density at radius 1 is 1.13 bits per heavy atom. The lowest BCUT2D eigenvalue weighted by atomic mass is 10.2. The van der Waals surface area contributed by atoms with Crippen LogP contribution in [0.25, 0.3) is 10.1 Å². The summed E-state index contributed by atoms with van der Waals surface area (Å²) in [5.74, 6) is 0.289. The third kappa shape index (κ3) is 7.97. The molecule has 2 rings (SSSR count). The highest BCUT2D eigenvalue weighted by Gasteiger charge is 2.05. The lowest BCUT2D eigenvalue weighted by Crippen LogP contribution is -2.29. The van der Waals surface area contributed by atoms with Crippen molar-refractivity contribution < 1.29 is 14.3 Å². The van der Waals surface area contributed by atoms with Crippen molar-refractivity contribution in [3.8, 4) is 5.75 Å². The van der Waals surface area contributed by atoms with E-state index in [2.05, 4.69) is 18.4 Å². The zero-order chi connectivity index (χ0) is 21.8. The number of benzene rings is 1. The zero-order valence-electron chi connectivity index (χ0n) is 17.6. The van der Waals surface area contributed by atoms with Crippen molar-refractivity contribution in [2.75, 3.05) is 32.8 Å². The van der Waals surface area contributed by atoms with Crippen LogP contribution < -0.4 is 10.2 Å². The molecule has 0 atom stereocenters. The minimum Gasteiger partial charge on any atom is -0.494 e. The van der Waals surface area contributed by atoms with E-state index in [1.165, 1.54) is 6.08 Å². The Labute approximate surface area is 181 Å². The number of esters is 1. The van der Waals surface area contributed by atoms with Gasteiger partial charge in [0.25, 0.3) is 0 Å². The number of likely N-dealkylation sites (N-methyl/N-ethyl adjacent to an activating group) is 1. The van der Waals surface area contributed by atoms with Crippen molar-refractivity contribution in [2.24, 2.45) is 0 Å². The van der Waals surface area contributed by atoms with E-state index >= 15 is 0 Å². The molecule has 1 aromatic carbocycles. The topological polar surface area (TPSA) is 55.8 Å². The molecule has 0 aliphatic heterocycles. The van der Waals surface area contributed by atoms with Gasteiger partial charge in [0.2, 0.25) is 0 Å². The number of carbonyl (C=O) groups excluding carboxylic acids is 1. The largest absolute Gasteiger partial charge is 0.494 e. The van der Waals surface area contributed by atoms with Gasteiger partial charge in [-0.25, -0.2) is 4.79 Å². The normalized spacial score (nSPS) is 10.5. The van der Waals surface area contributed by atoms with E-state index in [0.717, 1.165) is 29.1 Å². The fraction of sp³-hybridized carbons (Fsp3) is 0.333. The minimum atomic E-state index is -0.399. The molecule has 0 aliphatic rings. The summed E-state index contributed by atoms with van der Waals surface area (Å²) in [4.78, 5) is 27.0. The molecule has 0 radical (unpaired) electrons. The van der Waals surface area contributed by atoms with Crippen LogP contribution in [0, 0.1) is 6.92 Å². The Kier molecular flexibility index (Phi) is 10.0. The van der Waals surface area contributed by atoms with Crippen LogP contribution in [0.3, 0.4) is 0 Å². The van der Waals surface area contributed by atoms with E-state index in [0.29, 0.717) is 30.9 Å². The summed E-state index contributed by atoms with van der Waals surface area (Å²) in [5.41, 5.74) is -0.0338. The molecule has 0 spiro atoms. The molecule has 1 aromatic heterocycles. The third-order valence-electron chi connectivity index (χ3n) is 4.44. The van der Waals surface area contributed by atoms with Crippen molar-refractivity contribution >= 4 is 27.4 Å². The molecule has 6 heteroatoms. The van der Waals surface area contributed by atoms with Crippen LogP contribution in [0.4, 0.5) is 0 Å². The van der Waals surface area contributed by atoms with Gasteiger partial charge in [0, 0.05) is 34.1 Å². The highest BCUT2D eigenvalue weighted by Crippen LogP contribution is 2.21. The fourth-order valence-corrected chi connectivity index (χ4v) is 3.72. The van der Waals surface area contributed by atoms with Gasteiger partial charge in [-0.3, -0.25) is 4.79 Å². The summed E-state index contributed by atoms with van der Waals surface area (Å²) >= 11 is 1.58. The lowest BCUT2D eigenvalue weighted by molar-refractivity contribution is -0.138. The highest BCUT2D eigenvalue weighted by molar-refractivity contribution is 7.18. The Bertz CT molecular complexity index is 969. The van der Waals surface area contributed by atoms with E-state index in [1.807, 2.05) is 43.3 Å². The summed E-state index contributed by atoms with van der Waals surface area (Å²) < 4.78 is 11.8. The van der Waals surface area contributed by atoms with Crippen molar-refractivity contribution in [3.63, 3.8) is 0 Å². The average molecular weight is 428 g/mol. The van der Waals surface area contributed by atoms with Crippen molar-refractivity contribution in [1.29, 1.82) is 0 Å². The van der Waals surface area contributed by atoms with E-state index in [9.17, 15) is 9.59 Å². The Morgan fingerprint density at radius 3 is 2.70 bits per heavy atom. The summed E-state index contributed by atoms with van der Waals surface area (Å²) in [7, 11) is 0. The van der Waals surface area contributed by atoms with Crippen LogP contribution in [-0.2, 0) is 9.53 Å². The van der Waals surface area contributed by atoms with Crippen LogP contribution in [0.5, 0.6) is 5.75 Å². The first kappa shape index (κ1) is 23.6. The third-order valence-corrected chi connectivity index (χ3v) is 5.48. The predicted octanol–water partition coefficient (Wildman–Crippen LogP) is 4.51. The average Bonchev–Trinajstić information content (AvgIpc) is 2.75.